The molecule has 4 nitrogen and oxygen atoms in total. The van der Waals surface area contributed by atoms with Crippen LogP contribution in [0.2, 0.25) is 0 Å². The lowest BCUT2D eigenvalue weighted by molar-refractivity contribution is 0.0886. The number of halogens is 1. The number of fused-ring (bicyclic) bond motifs is 1. The van der Waals surface area contributed by atoms with Gasteiger partial charge in [-0.15, -0.1) is 0 Å². The number of Topliss-reactive ketones (excluding diaryl/α,β-unsaturated/α-hetero) is 2. The molecule has 19 heavy (non-hydrogen) atoms. The van der Waals surface area contributed by atoms with Crippen molar-refractivity contribution in [3.63, 3.8) is 0 Å². The van der Waals surface area contributed by atoms with Crippen molar-refractivity contribution < 1.29 is 14.7 Å². The number of pyridine rings is 1. The Bertz CT molecular complexity index is 677. The van der Waals surface area contributed by atoms with E-state index in [0.29, 0.717) is 15.6 Å². The first-order chi connectivity index (χ1) is 9.11. The Labute approximate surface area is 117 Å². The summed E-state index contributed by atoms with van der Waals surface area (Å²) in [7, 11) is 0. The number of nitrogens with zero attached hydrogens (tertiary/aromatic N) is 1. The number of carbonyl (C=O) groups is 2. The van der Waals surface area contributed by atoms with Crippen molar-refractivity contribution >= 4 is 27.5 Å². The second-order valence-electron chi connectivity index (χ2n) is 4.23. The summed E-state index contributed by atoms with van der Waals surface area (Å²) in [5, 5.41) is 9.96. The van der Waals surface area contributed by atoms with Crippen LogP contribution < -0.4 is 0 Å². The minimum absolute atomic E-state index is 0.0978. The molecule has 1 aliphatic carbocycles. The van der Waals surface area contributed by atoms with E-state index in [-0.39, 0.29) is 23.0 Å². The number of rotatable bonds is 1. The third-order valence-corrected chi connectivity index (χ3v) is 3.80. The van der Waals surface area contributed by atoms with E-state index in [1.165, 1.54) is 6.20 Å². The molecular weight excluding hydrogens is 310 g/mol. The predicted molar refractivity (Wildman–Crippen MR) is 71.4 cm³/mol. The second-order valence-corrected chi connectivity index (χ2v) is 5.09. The standard InChI is InChI=1S/C14H8BrNO3/c15-9-5-6-16-11(14(9)19)10-12(17)7-3-1-2-4-8(7)13(10)18/h1-6,10,19H. The van der Waals surface area contributed by atoms with Crippen molar-refractivity contribution in [1.82, 2.24) is 4.98 Å². The maximum Gasteiger partial charge on any atom is 0.180 e. The third-order valence-electron chi connectivity index (χ3n) is 3.16. The fourth-order valence-electron chi connectivity index (χ4n) is 2.25. The smallest absolute Gasteiger partial charge is 0.180 e. The number of hydrogen-bond donors (Lipinski definition) is 1. The molecule has 0 amide bonds. The molecule has 0 saturated carbocycles. The van der Waals surface area contributed by atoms with Crippen molar-refractivity contribution in [1.29, 1.82) is 0 Å². The second kappa shape index (κ2) is 4.28. The normalized spacial score (nSPS) is 14.8. The molecule has 0 radical (unpaired) electrons. The van der Waals surface area contributed by atoms with Crippen LogP contribution in [0.4, 0.5) is 0 Å². The van der Waals surface area contributed by atoms with Gasteiger partial charge in [0.05, 0.1) is 4.47 Å². The van der Waals surface area contributed by atoms with Gasteiger partial charge >= 0.3 is 0 Å². The highest BCUT2D eigenvalue weighted by atomic mass is 79.9. The van der Waals surface area contributed by atoms with Crippen molar-refractivity contribution in [2.24, 2.45) is 0 Å². The largest absolute Gasteiger partial charge is 0.505 e. The molecule has 0 aliphatic heterocycles. The average Bonchev–Trinajstić information content (AvgIpc) is 2.67. The number of aromatic hydroxyl groups is 1. The van der Waals surface area contributed by atoms with Gasteiger partial charge in [-0.3, -0.25) is 14.6 Å². The number of hydrogen-bond acceptors (Lipinski definition) is 4. The van der Waals surface area contributed by atoms with E-state index in [2.05, 4.69) is 20.9 Å². The summed E-state index contributed by atoms with van der Waals surface area (Å²) in [4.78, 5) is 28.6. The van der Waals surface area contributed by atoms with Crippen molar-refractivity contribution in [2.75, 3.05) is 0 Å². The predicted octanol–water partition coefficient (Wildman–Crippen LogP) is 2.71. The minimum Gasteiger partial charge on any atom is -0.505 e. The lowest BCUT2D eigenvalue weighted by Gasteiger charge is -2.09. The van der Waals surface area contributed by atoms with E-state index in [1.54, 1.807) is 30.3 Å². The van der Waals surface area contributed by atoms with E-state index in [1.807, 2.05) is 0 Å². The van der Waals surface area contributed by atoms with Crippen LogP contribution in [0.25, 0.3) is 0 Å². The Hall–Kier alpha value is -2.01. The first-order valence-corrected chi connectivity index (χ1v) is 6.41. The van der Waals surface area contributed by atoms with Gasteiger partial charge in [-0.1, -0.05) is 24.3 Å². The summed E-state index contributed by atoms with van der Waals surface area (Å²) in [6.07, 6.45) is 1.45. The van der Waals surface area contributed by atoms with Gasteiger partial charge in [0.1, 0.15) is 11.6 Å². The van der Waals surface area contributed by atoms with Gasteiger partial charge in [-0.05, 0) is 22.0 Å². The van der Waals surface area contributed by atoms with Crippen LogP contribution in [0.1, 0.15) is 32.3 Å². The van der Waals surface area contributed by atoms with Gasteiger partial charge in [0.25, 0.3) is 0 Å². The maximum absolute atomic E-state index is 12.3. The summed E-state index contributed by atoms with van der Waals surface area (Å²) in [5.41, 5.74) is 0.873. The SMILES string of the molecule is O=C1c2ccccc2C(=O)C1c1nccc(Br)c1O. The maximum atomic E-state index is 12.3. The van der Waals surface area contributed by atoms with Gasteiger partial charge in [0, 0.05) is 17.3 Å². The molecule has 0 saturated heterocycles. The van der Waals surface area contributed by atoms with Crippen molar-refractivity contribution in [2.45, 2.75) is 5.92 Å². The van der Waals surface area contributed by atoms with E-state index >= 15 is 0 Å². The van der Waals surface area contributed by atoms with Crippen LogP contribution in [0.3, 0.4) is 0 Å². The van der Waals surface area contributed by atoms with Crippen LogP contribution >= 0.6 is 15.9 Å². The van der Waals surface area contributed by atoms with Crippen LogP contribution in [-0.2, 0) is 0 Å². The molecule has 2 aromatic rings. The quantitative estimate of drug-likeness (QED) is 0.821. The molecule has 3 rings (SSSR count). The molecule has 1 N–H and O–H groups in total. The minimum atomic E-state index is -1.05. The fourth-order valence-corrected chi connectivity index (χ4v) is 2.57. The molecule has 0 fully saturated rings. The average molecular weight is 318 g/mol. The molecule has 0 spiro atoms. The Kier molecular flexibility index (Phi) is 2.71. The zero-order valence-corrected chi connectivity index (χ0v) is 11.2. The molecule has 0 bridgehead atoms. The highest BCUT2D eigenvalue weighted by Gasteiger charge is 2.41. The van der Waals surface area contributed by atoms with Gasteiger partial charge in [0.15, 0.2) is 17.3 Å². The fraction of sp³-hybridized carbons (Fsp3) is 0.0714. The molecule has 94 valence electrons. The number of aromatic nitrogens is 1. The highest BCUT2D eigenvalue weighted by Crippen LogP contribution is 2.38. The zero-order valence-electron chi connectivity index (χ0n) is 9.63. The highest BCUT2D eigenvalue weighted by molar-refractivity contribution is 9.10. The van der Waals surface area contributed by atoms with Gasteiger partial charge < -0.3 is 5.11 Å². The van der Waals surface area contributed by atoms with Crippen LogP contribution in [0.15, 0.2) is 41.0 Å². The van der Waals surface area contributed by atoms with E-state index in [9.17, 15) is 14.7 Å². The van der Waals surface area contributed by atoms with Crippen molar-refractivity contribution in [3.05, 3.63) is 57.8 Å². The third kappa shape index (κ3) is 1.69. The number of benzene rings is 1. The summed E-state index contributed by atoms with van der Waals surface area (Å²) in [6, 6.07) is 8.20. The zero-order chi connectivity index (χ0) is 13.6. The number of ketones is 2. The van der Waals surface area contributed by atoms with Crippen molar-refractivity contribution in [3.8, 4) is 5.75 Å². The monoisotopic (exact) mass is 317 g/mol. The summed E-state index contributed by atoms with van der Waals surface area (Å²) in [5.74, 6) is -1.85. The lowest BCUT2D eigenvalue weighted by Crippen LogP contribution is -2.14. The Morgan fingerprint density at radius 3 is 2.21 bits per heavy atom. The molecule has 1 heterocycles. The van der Waals surface area contributed by atoms with Gasteiger partial charge in [0.2, 0.25) is 0 Å². The van der Waals surface area contributed by atoms with E-state index < -0.39 is 5.92 Å². The molecule has 0 unspecified atom stereocenters. The van der Waals surface area contributed by atoms with E-state index in [4.69, 9.17) is 0 Å². The van der Waals surface area contributed by atoms with E-state index in [0.717, 1.165) is 0 Å². The first-order valence-electron chi connectivity index (χ1n) is 5.62. The Morgan fingerprint density at radius 2 is 1.63 bits per heavy atom. The van der Waals surface area contributed by atoms with Crippen LogP contribution in [0.5, 0.6) is 5.75 Å². The molecule has 1 aromatic carbocycles. The molecule has 5 heteroatoms. The first kappa shape index (κ1) is 12.0. The lowest BCUT2D eigenvalue weighted by atomic mass is 9.98. The van der Waals surface area contributed by atoms with Gasteiger partial charge in [-0.25, -0.2) is 0 Å². The Morgan fingerprint density at radius 1 is 1.05 bits per heavy atom. The molecule has 1 aliphatic rings. The Balaban J connectivity index is 2.17. The molecule has 1 aromatic heterocycles. The molecular formula is C14H8BrNO3. The summed E-state index contributed by atoms with van der Waals surface area (Å²) >= 11 is 3.16. The summed E-state index contributed by atoms with van der Waals surface area (Å²) < 4.78 is 0.411. The van der Waals surface area contributed by atoms with Gasteiger partial charge in [-0.2, -0.15) is 0 Å². The topological polar surface area (TPSA) is 67.3 Å². The number of carbonyl (C=O) groups excluding carboxylic acids is 2. The van der Waals surface area contributed by atoms with Crippen LogP contribution in [-0.4, -0.2) is 21.7 Å². The van der Waals surface area contributed by atoms with Crippen LogP contribution in [0, 0.1) is 0 Å². The molecule has 0 atom stereocenters. The summed E-state index contributed by atoms with van der Waals surface area (Å²) in [6.45, 7) is 0.